The molecule has 98 valence electrons. The largest absolute Gasteiger partial charge is 0.494 e. The number of methoxy groups -OCH3 is 1. The lowest BCUT2D eigenvalue weighted by Gasteiger charge is -2.10. The predicted octanol–water partition coefficient (Wildman–Crippen LogP) is 2.06. The molecule has 0 radical (unpaired) electrons. The van der Waals surface area contributed by atoms with E-state index in [9.17, 15) is 9.18 Å². The van der Waals surface area contributed by atoms with Crippen molar-refractivity contribution in [3.8, 4) is 5.75 Å². The van der Waals surface area contributed by atoms with E-state index in [0.29, 0.717) is 11.4 Å². The number of ether oxygens (including phenoxy) is 1. The van der Waals surface area contributed by atoms with Crippen molar-refractivity contribution in [1.29, 1.82) is 0 Å². The van der Waals surface area contributed by atoms with Gasteiger partial charge < -0.3 is 15.8 Å². The van der Waals surface area contributed by atoms with Gasteiger partial charge in [0.1, 0.15) is 11.6 Å². The van der Waals surface area contributed by atoms with Crippen LogP contribution in [0.5, 0.6) is 5.75 Å². The molecule has 0 fully saturated rings. The van der Waals surface area contributed by atoms with Gasteiger partial charge in [-0.2, -0.15) is 0 Å². The van der Waals surface area contributed by atoms with Crippen molar-refractivity contribution in [2.24, 2.45) is 0 Å². The number of pyridine rings is 1. The Bertz CT molecular complexity index is 617. The Morgan fingerprint density at radius 1 is 1.42 bits per heavy atom. The fraction of sp³-hybridized carbons (Fsp3) is 0.0769. The smallest absolute Gasteiger partial charge is 0.259 e. The van der Waals surface area contributed by atoms with Gasteiger partial charge in [-0.3, -0.25) is 9.78 Å². The van der Waals surface area contributed by atoms with Crippen LogP contribution in [0, 0.1) is 5.82 Å². The number of rotatable bonds is 3. The van der Waals surface area contributed by atoms with Gasteiger partial charge in [-0.1, -0.05) is 0 Å². The van der Waals surface area contributed by atoms with E-state index >= 15 is 0 Å². The normalized spacial score (nSPS) is 10.0. The maximum absolute atomic E-state index is 13.0. The summed E-state index contributed by atoms with van der Waals surface area (Å²) in [5.41, 5.74) is 6.59. The first kappa shape index (κ1) is 12.8. The fourth-order valence-electron chi connectivity index (χ4n) is 1.55. The second kappa shape index (κ2) is 5.34. The van der Waals surface area contributed by atoms with E-state index in [2.05, 4.69) is 10.3 Å². The molecule has 1 heterocycles. The average molecular weight is 261 g/mol. The third-order valence-electron chi connectivity index (χ3n) is 2.51. The van der Waals surface area contributed by atoms with Crippen LogP contribution < -0.4 is 15.8 Å². The Morgan fingerprint density at radius 3 is 2.89 bits per heavy atom. The summed E-state index contributed by atoms with van der Waals surface area (Å²) in [7, 11) is 1.39. The van der Waals surface area contributed by atoms with Crippen LogP contribution in [-0.4, -0.2) is 18.0 Å². The fourth-order valence-corrected chi connectivity index (χ4v) is 1.55. The van der Waals surface area contributed by atoms with Gasteiger partial charge in [0, 0.05) is 24.1 Å². The van der Waals surface area contributed by atoms with Gasteiger partial charge in [-0.15, -0.1) is 0 Å². The summed E-state index contributed by atoms with van der Waals surface area (Å²) in [6.45, 7) is 0. The topological polar surface area (TPSA) is 77.2 Å². The van der Waals surface area contributed by atoms with E-state index in [1.165, 1.54) is 43.8 Å². The number of amides is 1. The summed E-state index contributed by atoms with van der Waals surface area (Å²) >= 11 is 0. The number of hydrogen-bond donors (Lipinski definition) is 2. The van der Waals surface area contributed by atoms with Crippen molar-refractivity contribution in [2.45, 2.75) is 0 Å². The van der Waals surface area contributed by atoms with Gasteiger partial charge in [0.05, 0.1) is 18.4 Å². The molecule has 0 atom stereocenters. The lowest BCUT2D eigenvalue weighted by Crippen LogP contribution is -2.15. The third-order valence-corrected chi connectivity index (χ3v) is 2.51. The molecule has 19 heavy (non-hydrogen) atoms. The zero-order chi connectivity index (χ0) is 13.8. The molecule has 2 rings (SSSR count). The average Bonchev–Trinajstić information content (AvgIpc) is 2.41. The van der Waals surface area contributed by atoms with Crippen LogP contribution in [-0.2, 0) is 0 Å². The summed E-state index contributed by atoms with van der Waals surface area (Å²) < 4.78 is 18.0. The molecule has 0 aliphatic heterocycles. The molecule has 0 unspecified atom stereocenters. The monoisotopic (exact) mass is 261 g/mol. The van der Waals surface area contributed by atoms with Crippen LogP contribution in [0.25, 0.3) is 0 Å². The molecular weight excluding hydrogens is 249 g/mol. The highest BCUT2D eigenvalue weighted by Crippen LogP contribution is 2.25. The van der Waals surface area contributed by atoms with Crippen molar-refractivity contribution < 1.29 is 13.9 Å². The summed E-state index contributed by atoms with van der Waals surface area (Å²) in [4.78, 5) is 15.8. The van der Waals surface area contributed by atoms with E-state index in [1.807, 2.05) is 0 Å². The number of benzene rings is 1. The Morgan fingerprint density at radius 2 is 2.21 bits per heavy atom. The third kappa shape index (κ3) is 2.79. The standard InChI is InChI=1S/C13H12FN3O2/c1-19-12-6-8(14)2-3-11(12)17-13(18)9-7-16-5-4-10(9)15/h2-7H,1H3,(H2,15,16)(H,17,18). The summed E-state index contributed by atoms with van der Waals surface area (Å²) in [5.74, 6) is -0.651. The molecule has 3 N–H and O–H groups in total. The van der Waals surface area contributed by atoms with Crippen LogP contribution in [0.15, 0.2) is 36.7 Å². The summed E-state index contributed by atoms with van der Waals surface area (Å²) in [6.07, 6.45) is 2.85. The lowest BCUT2D eigenvalue weighted by molar-refractivity contribution is 0.102. The highest BCUT2D eigenvalue weighted by Gasteiger charge is 2.12. The number of hydrogen-bond acceptors (Lipinski definition) is 4. The molecule has 0 spiro atoms. The first-order valence-electron chi connectivity index (χ1n) is 5.46. The lowest BCUT2D eigenvalue weighted by atomic mass is 10.2. The minimum Gasteiger partial charge on any atom is -0.494 e. The number of carbonyl (C=O) groups excluding carboxylic acids is 1. The summed E-state index contributed by atoms with van der Waals surface area (Å²) in [5, 5.41) is 2.60. The van der Waals surface area contributed by atoms with E-state index in [1.54, 1.807) is 0 Å². The highest BCUT2D eigenvalue weighted by atomic mass is 19.1. The van der Waals surface area contributed by atoms with Gasteiger partial charge in [-0.05, 0) is 18.2 Å². The number of anilines is 2. The number of nitrogens with zero attached hydrogens (tertiary/aromatic N) is 1. The molecule has 5 nitrogen and oxygen atoms in total. The zero-order valence-electron chi connectivity index (χ0n) is 10.2. The van der Waals surface area contributed by atoms with E-state index in [4.69, 9.17) is 10.5 Å². The Hall–Kier alpha value is -2.63. The van der Waals surface area contributed by atoms with E-state index in [-0.39, 0.29) is 11.3 Å². The molecule has 1 aromatic heterocycles. The number of aromatic nitrogens is 1. The summed E-state index contributed by atoms with van der Waals surface area (Å²) in [6, 6.07) is 5.35. The van der Waals surface area contributed by atoms with Crippen molar-refractivity contribution in [2.75, 3.05) is 18.2 Å². The van der Waals surface area contributed by atoms with Crippen molar-refractivity contribution >= 4 is 17.3 Å². The van der Waals surface area contributed by atoms with Crippen molar-refractivity contribution in [3.05, 3.63) is 48.0 Å². The number of nitrogen functional groups attached to an aromatic ring is 1. The maximum atomic E-state index is 13.0. The number of nitrogens with one attached hydrogen (secondary N) is 1. The van der Waals surface area contributed by atoms with Crippen molar-refractivity contribution in [3.63, 3.8) is 0 Å². The molecule has 0 saturated heterocycles. The van der Waals surface area contributed by atoms with Gasteiger partial charge in [-0.25, -0.2) is 4.39 Å². The number of carbonyl (C=O) groups is 1. The van der Waals surface area contributed by atoms with Gasteiger partial charge in [0.15, 0.2) is 0 Å². The highest BCUT2D eigenvalue weighted by molar-refractivity contribution is 6.08. The maximum Gasteiger partial charge on any atom is 0.259 e. The van der Waals surface area contributed by atoms with E-state index in [0.717, 1.165) is 0 Å². The SMILES string of the molecule is COc1cc(F)ccc1NC(=O)c1cnccc1N. The molecule has 2 aromatic rings. The van der Waals surface area contributed by atoms with Crippen molar-refractivity contribution in [1.82, 2.24) is 4.98 Å². The minimum atomic E-state index is -0.448. The minimum absolute atomic E-state index is 0.232. The Balaban J connectivity index is 2.27. The Kier molecular flexibility index (Phi) is 3.61. The van der Waals surface area contributed by atoms with Crippen LogP contribution in [0.4, 0.5) is 15.8 Å². The number of halogens is 1. The van der Waals surface area contributed by atoms with Crippen LogP contribution in [0.2, 0.25) is 0 Å². The molecule has 6 heteroatoms. The first-order valence-corrected chi connectivity index (χ1v) is 5.46. The van der Waals surface area contributed by atoms with Crippen LogP contribution in [0.3, 0.4) is 0 Å². The molecule has 0 aliphatic carbocycles. The molecule has 0 aliphatic rings. The molecule has 1 amide bonds. The quantitative estimate of drug-likeness (QED) is 0.886. The van der Waals surface area contributed by atoms with E-state index < -0.39 is 11.7 Å². The Labute approximate surface area is 109 Å². The van der Waals surface area contributed by atoms with Crippen LogP contribution in [0.1, 0.15) is 10.4 Å². The molecule has 1 aromatic carbocycles. The van der Waals surface area contributed by atoms with Gasteiger partial charge in [0.2, 0.25) is 0 Å². The first-order chi connectivity index (χ1) is 9.11. The number of nitrogens with two attached hydrogens (primary N) is 1. The zero-order valence-corrected chi connectivity index (χ0v) is 10.2. The van der Waals surface area contributed by atoms with Gasteiger partial charge in [0.25, 0.3) is 5.91 Å². The van der Waals surface area contributed by atoms with Gasteiger partial charge >= 0.3 is 0 Å². The molecule has 0 bridgehead atoms. The second-order valence-electron chi connectivity index (χ2n) is 3.76. The predicted molar refractivity (Wildman–Crippen MR) is 69.6 cm³/mol. The van der Waals surface area contributed by atoms with Crippen LogP contribution >= 0.6 is 0 Å². The molecular formula is C13H12FN3O2. The second-order valence-corrected chi connectivity index (χ2v) is 3.76. The molecule has 0 saturated carbocycles.